The zero-order chi connectivity index (χ0) is 16.3. The highest BCUT2D eigenvalue weighted by atomic mass is 35.5. The number of ether oxygens (including phenoxy) is 1. The second-order valence-electron chi connectivity index (χ2n) is 5.96. The standard InChI is InChI=1S/C16H22F2N2O2.ClH/c1-9(2)15(12-5-3-10(17)7-13(12)18)20-16(21)14-6-4-11(8-19)22-14;/h3,5,7,9,11,14-15H,4,6,8,19H2,1-2H3,(H,20,21);1H/t11-,14+,15?;/m1./s1. The monoisotopic (exact) mass is 348 g/mol. The van der Waals surface area contributed by atoms with Crippen molar-refractivity contribution in [3.8, 4) is 0 Å². The molecule has 0 radical (unpaired) electrons. The molecule has 1 aromatic rings. The van der Waals surface area contributed by atoms with Crippen molar-refractivity contribution in [2.45, 2.75) is 44.9 Å². The summed E-state index contributed by atoms with van der Waals surface area (Å²) in [6.45, 7) is 4.11. The molecule has 0 spiro atoms. The fraction of sp³-hybridized carbons (Fsp3) is 0.562. The van der Waals surface area contributed by atoms with Crippen LogP contribution in [0.2, 0.25) is 0 Å². The van der Waals surface area contributed by atoms with Gasteiger partial charge in [-0.2, -0.15) is 0 Å². The Kier molecular flexibility index (Phi) is 7.38. The van der Waals surface area contributed by atoms with E-state index in [1.807, 2.05) is 13.8 Å². The molecular formula is C16H23ClF2N2O2. The van der Waals surface area contributed by atoms with Crippen LogP contribution < -0.4 is 11.1 Å². The molecule has 23 heavy (non-hydrogen) atoms. The van der Waals surface area contributed by atoms with Gasteiger partial charge in [0.15, 0.2) is 0 Å². The third-order valence-corrected chi connectivity index (χ3v) is 3.92. The van der Waals surface area contributed by atoms with E-state index in [9.17, 15) is 13.6 Å². The number of hydrogen-bond donors (Lipinski definition) is 2. The molecule has 130 valence electrons. The number of carbonyl (C=O) groups excluding carboxylic acids is 1. The fourth-order valence-corrected chi connectivity index (χ4v) is 2.68. The lowest BCUT2D eigenvalue weighted by molar-refractivity contribution is -0.133. The number of rotatable bonds is 5. The lowest BCUT2D eigenvalue weighted by atomic mass is 9.95. The number of benzene rings is 1. The van der Waals surface area contributed by atoms with Gasteiger partial charge in [-0.25, -0.2) is 8.78 Å². The minimum atomic E-state index is -0.661. The molecule has 0 saturated carbocycles. The minimum Gasteiger partial charge on any atom is -0.364 e. The van der Waals surface area contributed by atoms with Crippen LogP contribution in [0.15, 0.2) is 18.2 Å². The molecule has 0 bridgehead atoms. The molecule has 1 unspecified atom stereocenters. The molecule has 4 nitrogen and oxygen atoms in total. The van der Waals surface area contributed by atoms with E-state index >= 15 is 0 Å². The van der Waals surface area contributed by atoms with Crippen LogP contribution in [0.25, 0.3) is 0 Å². The highest BCUT2D eigenvalue weighted by Crippen LogP contribution is 2.26. The van der Waals surface area contributed by atoms with Gasteiger partial charge >= 0.3 is 0 Å². The first kappa shape index (κ1) is 19.8. The van der Waals surface area contributed by atoms with E-state index in [1.165, 1.54) is 12.1 Å². The van der Waals surface area contributed by atoms with Gasteiger partial charge in [0.05, 0.1) is 12.1 Å². The third-order valence-electron chi connectivity index (χ3n) is 3.92. The number of amides is 1. The molecule has 3 N–H and O–H groups in total. The predicted octanol–water partition coefficient (Wildman–Crippen LogP) is 2.71. The number of halogens is 3. The van der Waals surface area contributed by atoms with E-state index in [4.69, 9.17) is 10.5 Å². The van der Waals surface area contributed by atoms with Gasteiger partial charge in [-0.1, -0.05) is 19.9 Å². The summed E-state index contributed by atoms with van der Waals surface area (Å²) in [4.78, 5) is 12.3. The summed E-state index contributed by atoms with van der Waals surface area (Å²) in [5.74, 6) is -1.62. The topological polar surface area (TPSA) is 64.4 Å². The first-order valence-electron chi connectivity index (χ1n) is 7.53. The number of carbonyl (C=O) groups is 1. The average Bonchev–Trinajstić information content (AvgIpc) is 2.94. The summed E-state index contributed by atoms with van der Waals surface area (Å²) in [7, 11) is 0. The van der Waals surface area contributed by atoms with Crippen LogP contribution in [0.3, 0.4) is 0 Å². The Labute approximate surface area is 141 Å². The highest BCUT2D eigenvalue weighted by Gasteiger charge is 2.32. The van der Waals surface area contributed by atoms with Crippen molar-refractivity contribution < 1.29 is 18.3 Å². The fourth-order valence-electron chi connectivity index (χ4n) is 2.68. The first-order valence-corrected chi connectivity index (χ1v) is 7.53. The van der Waals surface area contributed by atoms with Crippen LogP contribution in [0.5, 0.6) is 0 Å². The van der Waals surface area contributed by atoms with Gasteiger partial charge in [0.25, 0.3) is 0 Å². The van der Waals surface area contributed by atoms with Crippen molar-refractivity contribution in [1.82, 2.24) is 5.32 Å². The summed E-state index contributed by atoms with van der Waals surface area (Å²) in [6, 6.07) is 2.85. The molecule has 1 aliphatic rings. The Hall–Kier alpha value is -1.24. The lowest BCUT2D eigenvalue weighted by Gasteiger charge is -2.25. The summed E-state index contributed by atoms with van der Waals surface area (Å²) in [5.41, 5.74) is 5.80. The summed E-state index contributed by atoms with van der Waals surface area (Å²) >= 11 is 0. The van der Waals surface area contributed by atoms with Crippen LogP contribution in [0.4, 0.5) is 8.78 Å². The van der Waals surface area contributed by atoms with Crippen molar-refractivity contribution in [3.63, 3.8) is 0 Å². The Morgan fingerprint density at radius 2 is 2.09 bits per heavy atom. The zero-order valence-corrected chi connectivity index (χ0v) is 14.0. The molecule has 0 aromatic heterocycles. The van der Waals surface area contributed by atoms with Gasteiger partial charge in [-0.3, -0.25) is 4.79 Å². The highest BCUT2D eigenvalue weighted by molar-refractivity contribution is 5.85. The molecule has 2 rings (SSSR count). The molecule has 1 heterocycles. The maximum atomic E-state index is 14.0. The zero-order valence-electron chi connectivity index (χ0n) is 13.2. The molecule has 1 saturated heterocycles. The maximum absolute atomic E-state index is 14.0. The normalized spacial score (nSPS) is 21.8. The Morgan fingerprint density at radius 3 is 2.61 bits per heavy atom. The van der Waals surface area contributed by atoms with E-state index in [0.29, 0.717) is 13.0 Å². The van der Waals surface area contributed by atoms with Crippen LogP contribution in [-0.4, -0.2) is 24.7 Å². The van der Waals surface area contributed by atoms with E-state index in [2.05, 4.69) is 5.32 Å². The molecular weight excluding hydrogens is 326 g/mol. The van der Waals surface area contributed by atoms with Gasteiger partial charge < -0.3 is 15.8 Å². The predicted molar refractivity (Wildman–Crippen MR) is 86.3 cm³/mol. The number of nitrogens with one attached hydrogen (secondary N) is 1. The number of nitrogens with two attached hydrogens (primary N) is 1. The second-order valence-corrected chi connectivity index (χ2v) is 5.96. The Morgan fingerprint density at radius 1 is 1.39 bits per heavy atom. The lowest BCUT2D eigenvalue weighted by Crippen LogP contribution is -2.39. The van der Waals surface area contributed by atoms with E-state index in [1.54, 1.807) is 0 Å². The third kappa shape index (κ3) is 4.86. The van der Waals surface area contributed by atoms with Crippen molar-refractivity contribution in [2.75, 3.05) is 6.54 Å². The van der Waals surface area contributed by atoms with Gasteiger partial charge in [-0.05, 0) is 24.8 Å². The smallest absolute Gasteiger partial charge is 0.249 e. The van der Waals surface area contributed by atoms with E-state index in [-0.39, 0.29) is 35.9 Å². The summed E-state index contributed by atoms with van der Waals surface area (Å²) < 4.78 is 32.6. The first-order chi connectivity index (χ1) is 10.4. The largest absolute Gasteiger partial charge is 0.364 e. The molecule has 1 aromatic carbocycles. The van der Waals surface area contributed by atoms with Crippen molar-refractivity contribution in [3.05, 3.63) is 35.4 Å². The average molecular weight is 349 g/mol. The van der Waals surface area contributed by atoms with Gasteiger partial charge in [0, 0.05) is 18.2 Å². The quantitative estimate of drug-likeness (QED) is 0.860. The van der Waals surface area contributed by atoms with Crippen LogP contribution in [-0.2, 0) is 9.53 Å². The van der Waals surface area contributed by atoms with E-state index < -0.39 is 23.8 Å². The summed E-state index contributed by atoms with van der Waals surface area (Å²) in [5, 5.41) is 2.81. The molecule has 0 aliphatic carbocycles. The van der Waals surface area contributed by atoms with E-state index in [0.717, 1.165) is 12.5 Å². The molecule has 7 heteroatoms. The Bertz CT molecular complexity index is 543. The summed E-state index contributed by atoms with van der Waals surface area (Å²) in [6.07, 6.45) is 0.685. The number of hydrogen-bond acceptors (Lipinski definition) is 3. The van der Waals surface area contributed by atoms with Crippen LogP contribution in [0, 0.1) is 17.6 Å². The van der Waals surface area contributed by atoms with Crippen LogP contribution in [0.1, 0.15) is 38.3 Å². The van der Waals surface area contributed by atoms with Crippen molar-refractivity contribution in [1.29, 1.82) is 0 Å². The molecule has 1 amide bonds. The van der Waals surface area contributed by atoms with Crippen LogP contribution >= 0.6 is 12.4 Å². The SMILES string of the molecule is CC(C)C(NC(=O)[C@@H]1CC[C@H](CN)O1)c1ccc(F)cc1F.Cl. The van der Waals surface area contributed by atoms with Gasteiger partial charge in [-0.15, -0.1) is 12.4 Å². The molecule has 3 atom stereocenters. The van der Waals surface area contributed by atoms with Crippen molar-refractivity contribution in [2.24, 2.45) is 11.7 Å². The van der Waals surface area contributed by atoms with Gasteiger partial charge in [0.2, 0.25) is 5.91 Å². The maximum Gasteiger partial charge on any atom is 0.249 e. The molecule has 1 aliphatic heterocycles. The van der Waals surface area contributed by atoms with Crippen molar-refractivity contribution >= 4 is 18.3 Å². The Balaban J connectivity index is 0.00000264. The van der Waals surface area contributed by atoms with Gasteiger partial charge in [0.1, 0.15) is 17.7 Å². The second kappa shape index (κ2) is 8.57. The molecule has 1 fully saturated rings. The minimum absolute atomic E-state index is 0.